The number of hydrogen-bond donors (Lipinski definition) is 0. The second-order valence-electron chi connectivity index (χ2n) is 3.79. The molecule has 20 heavy (non-hydrogen) atoms. The van der Waals surface area contributed by atoms with Crippen LogP contribution in [-0.2, 0) is 4.74 Å². The van der Waals surface area contributed by atoms with E-state index in [0.29, 0.717) is 15.7 Å². The first-order valence-electron chi connectivity index (χ1n) is 5.75. The number of aromatic nitrogens is 2. The van der Waals surface area contributed by atoms with Crippen LogP contribution in [0.3, 0.4) is 0 Å². The van der Waals surface area contributed by atoms with Crippen LogP contribution in [0.4, 0.5) is 0 Å². The zero-order chi connectivity index (χ0) is 14.7. The molecule has 0 radical (unpaired) electrons. The van der Waals surface area contributed by atoms with Gasteiger partial charge in [0.15, 0.2) is 0 Å². The van der Waals surface area contributed by atoms with Crippen LogP contribution in [0.15, 0.2) is 35.3 Å². The Labute approximate surface area is 124 Å². The van der Waals surface area contributed by atoms with Gasteiger partial charge >= 0.3 is 5.97 Å². The van der Waals surface area contributed by atoms with Gasteiger partial charge < -0.3 is 4.74 Å². The quantitative estimate of drug-likeness (QED) is 0.818. The first kappa shape index (κ1) is 14.6. The summed E-state index contributed by atoms with van der Waals surface area (Å²) in [6.07, 6.45) is 1.42. The maximum atomic E-state index is 11.6. The van der Waals surface area contributed by atoms with E-state index in [0.717, 1.165) is 0 Å². The molecule has 0 aliphatic heterocycles. The van der Waals surface area contributed by atoms with Crippen molar-refractivity contribution in [3.63, 3.8) is 0 Å². The molecule has 2 aromatic rings. The number of nitrogens with zero attached hydrogens (tertiary/aromatic N) is 2. The van der Waals surface area contributed by atoms with Crippen molar-refractivity contribution in [1.29, 1.82) is 0 Å². The monoisotopic (exact) mass is 312 g/mol. The number of ether oxygens (including phenoxy) is 1. The number of hydrogen-bond acceptors (Lipinski definition) is 4. The van der Waals surface area contributed by atoms with Crippen molar-refractivity contribution >= 4 is 29.2 Å². The van der Waals surface area contributed by atoms with Crippen LogP contribution >= 0.6 is 23.2 Å². The van der Waals surface area contributed by atoms with Crippen LogP contribution in [0.2, 0.25) is 10.0 Å². The van der Waals surface area contributed by atoms with E-state index in [9.17, 15) is 9.59 Å². The first-order valence-corrected chi connectivity index (χ1v) is 6.51. The molecule has 1 aromatic heterocycles. The standard InChI is InChI=1S/C13H10Cl2N2O3/c1-2-20-13(19)12-11(18)5-6-17(16-12)10-4-3-8(14)7-9(10)15/h3-7H,2H2,1H3. The predicted octanol–water partition coefficient (Wildman–Crippen LogP) is 2.72. The van der Waals surface area contributed by atoms with E-state index in [1.807, 2.05) is 0 Å². The summed E-state index contributed by atoms with van der Waals surface area (Å²) in [5.41, 5.74) is -0.299. The Morgan fingerprint density at radius 1 is 1.35 bits per heavy atom. The van der Waals surface area contributed by atoms with Gasteiger partial charge in [0.2, 0.25) is 11.1 Å². The Balaban J connectivity index is 2.51. The topological polar surface area (TPSA) is 61.2 Å². The molecule has 0 saturated carbocycles. The van der Waals surface area contributed by atoms with Gasteiger partial charge in [-0.25, -0.2) is 9.48 Å². The number of halogens is 2. The third-order valence-electron chi connectivity index (χ3n) is 2.43. The molecular weight excluding hydrogens is 303 g/mol. The molecule has 2 rings (SSSR count). The largest absolute Gasteiger partial charge is 0.461 e. The van der Waals surface area contributed by atoms with Crippen molar-refractivity contribution in [1.82, 2.24) is 9.78 Å². The molecular formula is C13H10Cl2N2O3. The third-order valence-corrected chi connectivity index (χ3v) is 2.97. The zero-order valence-corrected chi connectivity index (χ0v) is 12.0. The lowest BCUT2D eigenvalue weighted by atomic mass is 10.3. The molecule has 104 valence electrons. The maximum absolute atomic E-state index is 11.6. The van der Waals surface area contributed by atoms with Gasteiger partial charge in [0, 0.05) is 17.3 Å². The average Bonchev–Trinajstić information content (AvgIpc) is 2.40. The molecule has 1 aromatic carbocycles. The SMILES string of the molecule is CCOC(=O)c1nn(-c2ccc(Cl)cc2Cl)ccc1=O. The Bertz CT molecular complexity index is 713. The van der Waals surface area contributed by atoms with Gasteiger partial charge in [-0.3, -0.25) is 4.79 Å². The minimum atomic E-state index is -0.767. The number of carbonyl (C=O) groups excluding carboxylic acids is 1. The van der Waals surface area contributed by atoms with Gasteiger partial charge in [-0.15, -0.1) is 0 Å². The Morgan fingerprint density at radius 3 is 2.75 bits per heavy atom. The Morgan fingerprint density at radius 2 is 2.10 bits per heavy atom. The summed E-state index contributed by atoms with van der Waals surface area (Å²) in [7, 11) is 0. The van der Waals surface area contributed by atoms with Crippen LogP contribution in [0.5, 0.6) is 0 Å². The second kappa shape index (κ2) is 6.07. The van der Waals surface area contributed by atoms with Crippen LogP contribution < -0.4 is 5.43 Å². The van der Waals surface area contributed by atoms with Gasteiger partial charge in [-0.2, -0.15) is 5.10 Å². The number of rotatable bonds is 3. The molecule has 0 unspecified atom stereocenters. The molecule has 0 saturated heterocycles. The zero-order valence-electron chi connectivity index (χ0n) is 10.5. The van der Waals surface area contributed by atoms with E-state index in [1.54, 1.807) is 25.1 Å². The summed E-state index contributed by atoms with van der Waals surface area (Å²) >= 11 is 11.9. The molecule has 0 amide bonds. The van der Waals surface area contributed by atoms with Crippen molar-refractivity contribution in [3.05, 3.63) is 56.4 Å². The summed E-state index contributed by atoms with van der Waals surface area (Å²) in [6.45, 7) is 1.81. The third kappa shape index (κ3) is 3.00. The maximum Gasteiger partial charge on any atom is 0.362 e. The van der Waals surface area contributed by atoms with Crippen LogP contribution in [0.25, 0.3) is 5.69 Å². The molecule has 0 atom stereocenters. The summed E-state index contributed by atoms with van der Waals surface area (Å²) in [5, 5.41) is 4.78. The number of esters is 1. The van der Waals surface area contributed by atoms with Crippen molar-refractivity contribution in [2.24, 2.45) is 0 Å². The highest BCUT2D eigenvalue weighted by molar-refractivity contribution is 6.35. The predicted molar refractivity (Wildman–Crippen MR) is 75.8 cm³/mol. The molecule has 0 aliphatic carbocycles. The smallest absolute Gasteiger partial charge is 0.362 e. The summed E-state index contributed by atoms with van der Waals surface area (Å²) < 4.78 is 6.11. The van der Waals surface area contributed by atoms with Crippen molar-refractivity contribution in [3.8, 4) is 5.69 Å². The Hall–Kier alpha value is -1.85. The van der Waals surface area contributed by atoms with Gasteiger partial charge in [-0.1, -0.05) is 23.2 Å². The van der Waals surface area contributed by atoms with E-state index >= 15 is 0 Å². The summed E-state index contributed by atoms with van der Waals surface area (Å²) in [4.78, 5) is 23.3. The Kier molecular flexibility index (Phi) is 4.42. The molecule has 0 N–H and O–H groups in total. The first-order chi connectivity index (χ1) is 9.52. The fourth-order valence-corrected chi connectivity index (χ4v) is 2.04. The molecule has 5 nitrogen and oxygen atoms in total. The number of carbonyl (C=O) groups is 1. The van der Waals surface area contributed by atoms with E-state index in [2.05, 4.69) is 5.10 Å². The minimum absolute atomic E-state index is 0.163. The van der Waals surface area contributed by atoms with Crippen molar-refractivity contribution < 1.29 is 9.53 Å². The molecule has 0 spiro atoms. The van der Waals surface area contributed by atoms with Crippen molar-refractivity contribution in [2.45, 2.75) is 6.92 Å². The number of benzene rings is 1. The van der Waals surface area contributed by atoms with Gasteiger partial charge in [-0.05, 0) is 25.1 Å². The molecule has 0 bridgehead atoms. The molecule has 0 aliphatic rings. The van der Waals surface area contributed by atoms with E-state index in [-0.39, 0.29) is 12.3 Å². The average molecular weight is 313 g/mol. The highest BCUT2D eigenvalue weighted by Crippen LogP contribution is 2.23. The van der Waals surface area contributed by atoms with Gasteiger partial charge in [0.25, 0.3) is 0 Å². The fourth-order valence-electron chi connectivity index (χ4n) is 1.55. The summed E-state index contributed by atoms with van der Waals surface area (Å²) in [5.74, 6) is -0.767. The molecule has 7 heteroatoms. The fraction of sp³-hybridized carbons (Fsp3) is 0.154. The van der Waals surface area contributed by atoms with E-state index in [1.165, 1.54) is 16.9 Å². The lowest BCUT2D eigenvalue weighted by Crippen LogP contribution is -2.22. The van der Waals surface area contributed by atoms with E-state index < -0.39 is 11.4 Å². The summed E-state index contributed by atoms with van der Waals surface area (Å²) in [6, 6.07) is 6.04. The van der Waals surface area contributed by atoms with Crippen LogP contribution in [-0.4, -0.2) is 22.4 Å². The molecule has 0 fully saturated rings. The van der Waals surface area contributed by atoms with Crippen LogP contribution in [0, 0.1) is 0 Å². The van der Waals surface area contributed by atoms with Gasteiger partial charge in [0.05, 0.1) is 17.3 Å². The molecule has 1 heterocycles. The lowest BCUT2D eigenvalue weighted by Gasteiger charge is -2.09. The highest BCUT2D eigenvalue weighted by Gasteiger charge is 2.15. The lowest BCUT2D eigenvalue weighted by molar-refractivity contribution is 0.0515. The normalized spacial score (nSPS) is 10.3. The second-order valence-corrected chi connectivity index (χ2v) is 4.63. The van der Waals surface area contributed by atoms with Crippen LogP contribution in [0.1, 0.15) is 17.4 Å². The van der Waals surface area contributed by atoms with Crippen molar-refractivity contribution in [2.75, 3.05) is 6.61 Å². The van der Waals surface area contributed by atoms with Gasteiger partial charge in [0.1, 0.15) is 0 Å². The highest BCUT2D eigenvalue weighted by atomic mass is 35.5. The van der Waals surface area contributed by atoms with E-state index in [4.69, 9.17) is 27.9 Å². The minimum Gasteiger partial charge on any atom is -0.461 e.